The Balaban J connectivity index is 2.37. The van der Waals surface area contributed by atoms with E-state index in [0.717, 1.165) is 17.8 Å². The van der Waals surface area contributed by atoms with Crippen molar-refractivity contribution in [2.45, 2.75) is 37.1 Å². The second-order valence-electron chi connectivity index (χ2n) is 5.17. The highest BCUT2D eigenvalue weighted by atomic mass is 32.2. The normalized spacial score (nSPS) is 23.2. The van der Waals surface area contributed by atoms with Gasteiger partial charge in [0, 0.05) is 6.42 Å². The molecule has 0 saturated heterocycles. The molecule has 2 unspecified atom stereocenters. The molecular formula is C13H21NO6S. The maximum Gasteiger partial charge on any atom is 0.370 e. The summed E-state index contributed by atoms with van der Waals surface area (Å²) in [4.78, 5) is 22.1. The van der Waals surface area contributed by atoms with E-state index in [2.05, 4.69) is 5.32 Å². The molecule has 120 valence electrons. The van der Waals surface area contributed by atoms with Crippen LogP contribution >= 0.6 is 11.8 Å². The SMILES string of the molecule is CC(C)CC(=O)NCC(O)SC1COC(C(=O)O)=C[C@H]1O. The van der Waals surface area contributed by atoms with Crippen LogP contribution in [-0.2, 0) is 14.3 Å². The summed E-state index contributed by atoms with van der Waals surface area (Å²) in [5, 5.41) is 30.5. The molecule has 0 aliphatic carbocycles. The van der Waals surface area contributed by atoms with E-state index >= 15 is 0 Å². The van der Waals surface area contributed by atoms with Gasteiger partial charge in [-0.2, -0.15) is 0 Å². The Kier molecular flexibility index (Phi) is 7.00. The number of hydrogen-bond acceptors (Lipinski definition) is 6. The topological polar surface area (TPSA) is 116 Å². The van der Waals surface area contributed by atoms with Crippen LogP contribution in [0.1, 0.15) is 20.3 Å². The third kappa shape index (κ3) is 6.36. The molecule has 0 spiro atoms. The van der Waals surface area contributed by atoms with E-state index in [4.69, 9.17) is 9.84 Å². The zero-order chi connectivity index (χ0) is 16.0. The first-order chi connectivity index (χ1) is 9.79. The lowest BCUT2D eigenvalue weighted by Crippen LogP contribution is -2.37. The lowest BCUT2D eigenvalue weighted by molar-refractivity contribution is -0.137. The van der Waals surface area contributed by atoms with Crippen molar-refractivity contribution in [3.8, 4) is 0 Å². The summed E-state index contributed by atoms with van der Waals surface area (Å²) in [5.41, 5.74) is -0.899. The van der Waals surface area contributed by atoms with Crippen molar-refractivity contribution in [2.24, 2.45) is 5.92 Å². The number of carbonyl (C=O) groups excluding carboxylic acids is 1. The molecule has 1 aliphatic heterocycles. The van der Waals surface area contributed by atoms with Crippen molar-refractivity contribution in [3.63, 3.8) is 0 Å². The summed E-state index contributed by atoms with van der Waals surface area (Å²) >= 11 is 1.03. The maximum atomic E-state index is 11.5. The van der Waals surface area contributed by atoms with Gasteiger partial charge in [0.1, 0.15) is 12.0 Å². The van der Waals surface area contributed by atoms with Gasteiger partial charge in [0.2, 0.25) is 11.7 Å². The highest BCUT2D eigenvalue weighted by Gasteiger charge is 2.29. The van der Waals surface area contributed by atoms with Crippen LogP contribution in [0.5, 0.6) is 0 Å². The van der Waals surface area contributed by atoms with Gasteiger partial charge in [0.25, 0.3) is 0 Å². The Bertz CT molecular complexity index is 411. The van der Waals surface area contributed by atoms with Crippen molar-refractivity contribution in [1.82, 2.24) is 5.32 Å². The van der Waals surface area contributed by atoms with E-state index in [0.29, 0.717) is 6.42 Å². The first-order valence-electron chi connectivity index (χ1n) is 6.65. The summed E-state index contributed by atoms with van der Waals surface area (Å²) in [6.07, 6.45) is 0.473. The molecule has 1 amide bonds. The quantitative estimate of drug-likeness (QED) is 0.485. The number of carboxylic acid groups (broad SMARTS) is 1. The second kappa shape index (κ2) is 8.26. The van der Waals surface area contributed by atoms with Crippen LogP contribution in [0.2, 0.25) is 0 Å². The Morgan fingerprint density at radius 2 is 2.19 bits per heavy atom. The first kappa shape index (κ1) is 17.8. The lowest BCUT2D eigenvalue weighted by Gasteiger charge is -2.27. The minimum atomic E-state index is -1.24. The van der Waals surface area contributed by atoms with Crippen molar-refractivity contribution >= 4 is 23.6 Å². The monoisotopic (exact) mass is 319 g/mol. The van der Waals surface area contributed by atoms with Gasteiger partial charge in [-0.05, 0) is 12.0 Å². The Morgan fingerprint density at radius 1 is 1.52 bits per heavy atom. The molecule has 0 saturated carbocycles. The van der Waals surface area contributed by atoms with Crippen LogP contribution in [0.3, 0.4) is 0 Å². The van der Waals surface area contributed by atoms with E-state index in [-0.39, 0.29) is 30.7 Å². The summed E-state index contributed by atoms with van der Waals surface area (Å²) < 4.78 is 4.98. The number of hydrogen-bond donors (Lipinski definition) is 4. The van der Waals surface area contributed by atoms with Crippen molar-refractivity contribution < 1.29 is 29.6 Å². The number of ether oxygens (including phenoxy) is 1. The Hall–Kier alpha value is -1.25. The van der Waals surface area contributed by atoms with Crippen molar-refractivity contribution in [1.29, 1.82) is 0 Å². The number of nitrogens with one attached hydrogen (secondary N) is 1. The zero-order valence-corrected chi connectivity index (χ0v) is 12.8. The molecule has 0 aromatic rings. The van der Waals surface area contributed by atoms with Gasteiger partial charge in [-0.25, -0.2) is 4.79 Å². The van der Waals surface area contributed by atoms with Gasteiger partial charge < -0.3 is 25.4 Å². The van der Waals surface area contributed by atoms with Crippen LogP contribution in [0.15, 0.2) is 11.8 Å². The standard InChI is InChI=1S/C13H21NO6S/c1-7(2)3-11(16)14-5-12(17)21-10-6-20-9(13(18)19)4-8(10)15/h4,7-8,10,12,15,17H,3,5-6H2,1-2H3,(H,14,16)(H,18,19)/t8-,10?,12?/m1/s1. The fraction of sp³-hybridized carbons (Fsp3) is 0.692. The fourth-order valence-corrected chi connectivity index (χ4v) is 2.70. The van der Waals surface area contributed by atoms with E-state index in [1.54, 1.807) is 0 Å². The molecule has 1 heterocycles. The van der Waals surface area contributed by atoms with E-state index in [1.807, 2.05) is 13.8 Å². The average molecular weight is 319 g/mol. The van der Waals surface area contributed by atoms with Crippen LogP contribution in [0.25, 0.3) is 0 Å². The highest BCUT2D eigenvalue weighted by Crippen LogP contribution is 2.25. The fourth-order valence-electron chi connectivity index (χ4n) is 1.73. The molecule has 8 heteroatoms. The smallest absolute Gasteiger partial charge is 0.370 e. The van der Waals surface area contributed by atoms with E-state index in [1.165, 1.54) is 0 Å². The van der Waals surface area contributed by atoms with Crippen LogP contribution in [-0.4, -0.2) is 57.1 Å². The molecule has 0 aromatic carbocycles. The second-order valence-corrected chi connectivity index (χ2v) is 6.59. The third-order valence-corrected chi connectivity index (χ3v) is 3.96. The molecule has 1 aliphatic rings. The van der Waals surface area contributed by atoms with Crippen LogP contribution in [0.4, 0.5) is 0 Å². The average Bonchev–Trinajstić information content (AvgIpc) is 2.37. The largest absolute Gasteiger partial charge is 0.485 e. The van der Waals surface area contributed by atoms with Gasteiger partial charge in [-0.3, -0.25) is 4.79 Å². The summed E-state index contributed by atoms with van der Waals surface area (Å²) in [5.74, 6) is -1.43. The van der Waals surface area contributed by atoms with Gasteiger partial charge in [-0.1, -0.05) is 13.8 Å². The van der Waals surface area contributed by atoms with Gasteiger partial charge in [0.15, 0.2) is 0 Å². The van der Waals surface area contributed by atoms with Gasteiger partial charge in [0.05, 0.1) is 17.9 Å². The molecule has 3 atom stereocenters. The molecule has 0 aromatic heterocycles. The number of carboxylic acids is 1. The molecule has 0 fully saturated rings. The minimum absolute atomic E-state index is 0.0129. The number of carbonyl (C=O) groups is 2. The predicted octanol–water partition coefficient (Wildman–Crippen LogP) is -0.0715. The predicted molar refractivity (Wildman–Crippen MR) is 77.5 cm³/mol. The van der Waals surface area contributed by atoms with E-state index < -0.39 is 22.8 Å². The first-order valence-corrected chi connectivity index (χ1v) is 7.60. The van der Waals surface area contributed by atoms with Gasteiger partial charge >= 0.3 is 5.97 Å². The van der Waals surface area contributed by atoms with Crippen molar-refractivity contribution in [3.05, 3.63) is 11.8 Å². The zero-order valence-electron chi connectivity index (χ0n) is 12.0. The highest BCUT2D eigenvalue weighted by molar-refractivity contribution is 8.00. The van der Waals surface area contributed by atoms with Gasteiger partial charge in [-0.15, -0.1) is 11.8 Å². The molecule has 0 bridgehead atoms. The molecule has 7 nitrogen and oxygen atoms in total. The molecule has 0 radical (unpaired) electrons. The minimum Gasteiger partial charge on any atom is -0.485 e. The molecular weight excluding hydrogens is 298 g/mol. The lowest BCUT2D eigenvalue weighted by atomic mass is 10.1. The number of aliphatic hydroxyl groups excluding tert-OH is 2. The summed E-state index contributed by atoms with van der Waals surface area (Å²) in [6.45, 7) is 3.90. The molecule has 1 rings (SSSR count). The maximum absolute atomic E-state index is 11.5. The summed E-state index contributed by atoms with van der Waals surface area (Å²) in [7, 11) is 0. The third-order valence-electron chi connectivity index (χ3n) is 2.72. The number of thioether (sulfide) groups is 1. The number of aliphatic carboxylic acids is 1. The Labute approximate surface area is 127 Å². The van der Waals surface area contributed by atoms with Crippen molar-refractivity contribution in [2.75, 3.05) is 13.2 Å². The summed E-state index contributed by atoms with van der Waals surface area (Å²) in [6, 6.07) is 0. The molecule has 4 N–H and O–H groups in total. The molecule has 21 heavy (non-hydrogen) atoms. The van der Waals surface area contributed by atoms with Crippen LogP contribution < -0.4 is 5.32 Å². The van der Waals surface area contributed by atoms with Crippen LogP contribution in [0, 0.1) is 5.92 Å². The number of rotatable bonds is 7. The van der Waals surface area contributed by atoms with E-state index in [9.17, 15) is 19.8 Å². The number of amides is 1. The number of aliphatic hydroxyl groups is 2. The Morgan fingerprint density at radius 3 is 2.71 bits per heavy atom.